The summed E-state index contributed by atoms with van der Waals surface area (Å²) in [6.07, 6.45) is 0. The van der Waals surface area contributed by atoms with Gasteiger partial charge in [-0.25, -0.2) is 8.42 Å². The fourth-order valence-corrected chi connectivity index (χ4v) is 3.02. The molecule has 0 bridgehead atoms. The number of amides is 1. The maximum Gasteiger partial charge on any atom is 0.251 e. The highest BCUT2D eigenvalue weighted by atomic mass is 35.5. The van der Waals surface area contributed by atoms with Gasteiger partial charge in [-0.15, -0.1) is 0 Å². The minimum Gasteiger partial charge on any atom is -0.348 e. The van der Waals surface area contributed by atoms with Crippen molar-refractivity contribution in [3.8, 4) is 0 Å². The van der Waals surface area contributed by atoms with Crippen molar-refractivity contribution >= 4 is 44.8 Å². The van der Waals surface area contributed by atoms with Crippen molar-refractivity contribution in [2.45, 2.75) is 13.5 Å². The van der Waals surface area contributed by atoms with Crippen LogP contribution in [0.3, 0.4) is 0 Å². The molecule has 0 aliphatic rings. The van der Waals surface area contributed by atoms with Gasteiger partial charge in [0.2, 0.25) is 10.0 Å². The Balaban J connectivity index is 2.07. The lowest BCUT2D eigenvalue weighted by Crippen LogP contribution is -2.23. The van der Waals surface area contributed by atoms with Crippen LogP contribution in [0.4, 0.5) is 5.69 Å². The van der Waals surface area contributed by atoms with Crippen LogP contribution in [0, 0.1) is 0 Å². The van der Waals surface area contributed by atoms with Crippen molar-refractivity contribution in [1.29, 1.82) is 0 Å². The first-order valence-electron chi connectivity index (χ1n) is 7.13. The number of carbonyl (C=O) groups excluding carboxylic acids is 1. The molecule has 8 heteroatoms. The molecule has 0 fully saturated rings. The zero-order valence-electron chi connectivity index (χ0n) is 12.8. The van der Waals surface area contributed by atoms with Crippen molar-refractivity contribution in [1.82, 2.24) is 5.32 Å². The zero-order valence-corrected chi connectivity index (χ0v) is 15.2. The highest BCUT2D eigenvalue weighted by Gasteiger charge is 2.11. The predicted molar refractivity (Wildman–Crippen MR) is 97.2 cm³/mol. The smallest absolute Gasteiger partial charge is 0.251 e. The van der Waals surface area contributed by atoms with Crippen molar-refractivity contribution in [2.24, 2.45) is 0 Å². The Bertz CT molecular complexity index is 854. The zero-order chi connectivity index (χ0) is 17.7. The Kier molecular flexibility index (Phi) is 6.10. The van der Waals surface area contributed by atoms with Gasteiger partial charge in [-0.1, -0.05) is 35.3 Å². The molecule has 24 heavy (non-hydrogen) atoms. The van der Waals surface area contributed by atoms with Gasteiger partial charge in [0.25, 0.3) is 5.91 Å². The molecule has 5 nitrogen and oxygen atoms in total. The number of sulfonamides is 1. The van der Waals surface area contributed by atoms with Gasteiger partial charge in [0.15, 0.2) is 0 Å². The molecule has 0 radical (unpaired) electrons. The van der Waals surface area contributed by atoms with Gasteiger partial charge < -0.3 is 5.32 Å². The van der Waals surface area contributed by atoms with E-state index < -0.39 is 10.0 Å². The number of benzene rings is 2. The van der Waals surface area contributed by atoms with Crippen LogP contribution in [0.5, 0.6) is 0 Å². The Hall–Kier alpha value is -1.76. The topological polar surface area (TPSA) is 75.3 Å². The molecule has 2 rings (SSSR count). The monoisotopic (exact) mass is 386 g/mol. The number of anilines is 1. The molecule has 2 aromatic carbocycles. The lowest BCUT2D eigenvalue weighted by atomic mass is 10.1. The predicted octanol–water partition coefficient (Wildman–Crippen LogP) is 3.69. The van der Waals surface area contributed by atoms with Gasteiger partial charge in [0, 0.05) is 27.8 Å². The maximum absolute atomic E-state index is 12.2. The Labute approximate surface area is 151 Å². The van der Waals surface area contributed by atoms with Crippen LogP contribution in [0.1, 0.15) is 22.8 Å². The van der Waals surface area contributed by atoms with Crippen LogP contribution in [-0.2, 0) is 16.6 Å². The average Bonchev–Trinajstić information content (AvgIpc) is 2.53. The summed E-state index contributed by atoms with van der Waals surface area (Å²) >= 11 is 11.9. The van der Waals surface area contributed by atoms with Crippen molar-refractivity contribution < 1.29 is 13.2 Å². The maximum atomic E-state index is 12.2. The van der Waals surface area contributed by atoms with E-state index in [1.165, 1.54) is 13.0 Å². The fourth-order valence-electron chi connectivity index (χ4n) is 1.92. The molecule has 0 aromatic heterocycles. The van der Waals surface area contributed by atoms with E-state index in [9.17, 15) is 13.2 Å². The molecular formula is C16H16Cl2N2O3S. The molecule has 0 aliphatic heterocycles. The summed E-state index contributed by atoms with van der Waals surface area (Å²) in [6, 6.07) is 11.3. The molecule has 0 unspecified atom stereocenters. The van der Waals surface area contributed by atoms with E-state index in [0.29, 0.717) is 21.3 Å². The highest BCUT2D eigenvalue weighted by molar-refractivity contribution is 7.92. The summed E-state index contributed by atoms with van der Waals surface area (Å²) in [5, 5.41) is 3.72. The molecule has 0 saturated carbocycles. The Morgan fingerprint density at radius 2 is 1.88 bits per heavy atom. The third kappa shape index (κ3) is 5.12. The molecule has 0 heterocycles. The number of carbonyl (C=O) groups is 1. The highest BCUT2D eigenvalue weighted by Crippen LogP contribution is 2.21. The number of hydrogen-bond acceptors (Lipinski definition) is 3. The molecule has 2 aromatic rings. The van der Waals surface area contributed by atoms with E-state index in [1.807, 2.05) is 0 Å². The molecule has 1 amide bonds. The second-order valence-electron chi connectivity index (χ2n) is 5.00. The Morgan fingerprint density at radius 1 is 1.12 bits per heavy atom. The number of halogens is 2. The van der Waals surface area contributed by atoms with Gasteiger partial charge in [0.05, 0.1) is 5.75 Å². The average molecular weight is 387 g/mol. The fraction of sp³-hybridized carbons (Fsp3) is 0.188. The molecule has 0 aliphatic carbocycles. The van der Waals surface area contributed by atoms with Crippen molar-refractivity contribution in [3.63, 3.8) is 0 Å². The molecule has 0 saturated heterocycles. The molecular weight excluding hydrogens is 371 g/mol. The van der Waals surface area contributed by atoms with Crippen molar-refractivity contribution in [3.05, 3.63) is 63.6 Å². The van der Waals surface area contributed by atoms with Gasteiger partial charge in [-0.05, 0) is 42.8 Å². The van der Waals surface area contributed by atoms with E-state index in [1.54, 1.807) is 36.4 Å². The SMILES string of the molecule is CCS(=O)(=O)Nc1cccc(C(=O)NCc2ccc(Cl)cc2Cl)c1. The summed E-state index contributed by atoms with van der Waals surface area (Å²) in [5.41, 5.74) is 1.42. The third-order valence-electron chi connectivity index (χ3n) is 3.23. The van der Waals surface area contributed by atoms with E-state index in [2.05, 4.69) is 10.0 Å². The van der Waals surface area contributed by atoms with Gasteiger partial charge in [-0.3, -0.25) is 9.52 Å². The van der Waals surface area contributed by atoms with E-state index >= 15 is 0 Å². The quantitative estimate of drug-likeness (QED) is 0.794. The summed E-state index contributed by atoms with van der Waals surface area (Å²) in [4.78, 5) is 12.2. The number of nitrogens with one attached hydrogen (secondary N) is 2. The second-order valence-corrected chi connectivity index (χ2v) is 7.86. The standard InChI is InChI=1S/C16H16Cl2N2O3S/c1-2-24(22,23)20-14-5-3-4-11(8-14)16(21)19-10-12-6-7-13(17)9-15(12)18/h3-9,20H,2,10H2,1H3,(H,19,21). The molecule has 128 valence electrons. The second kappa shape index (κ2) is 7.88. The third-order valence-corrected chi connectivity index (χ3v) is 5.13. The number of hydrogen-bond donors (Lipinski definition) is 2. The first-order valence-corrected chi connectivity index (χ1v) is 9.54. The summed E-state index contributed by atoms with van der Waals surface area (Å²) in [5.74, 6) is -0.378. The van der Waals surface area contributed by atoms with Gasteiger partial charge >= 0.3 is 0 Å². The lowest BCUT2D eigenvalue weighted by molar-refractivity contribution is 0.0951. The summed E-state index contributed by atoms with van der Waals surface area (Å²) in [6.45, 7) is 1.77. The van der Waals surface area contributed by atoms with Crippen LogP contribution < -0.4 is 10.0 Å². The Morgan fingerprint density at radius 3 is 2.54 bits per heavy atom. The first-order chi connectivity index (χ1) is 11.3. The summed E-state index contributed by atoms with van der Waals surface area (Å²) in [7, 11) is -3.39. The van der Waals surface area contributed by atoms with Gasteiger partial charge in [-0.2, -0.15) is 0 Å². The normalized spacial score (nSPS) is 11.1. The van der Waals surface area contributed by atoms with E-state index in [4.69, 9.17) is 23.2 Å². The minimum atomic E-state index is -3.39. The van der Waals surface area contributed by atoms with Crippen LogP contribution in [0.25, 0.3) is 0 Å². The van der Waals surface area contributed by atoms with Crippen LogP contribution >= 0.6 is 23.2 Å². The van der Waals surface area contributed by atoms with Crippen LogP contribution in [-0.4, -0.2) is 20.1 Å². The van der Waals surface area contributed by atoms with Crippen LogP contribution in [0.15, 0.2) is 42.5 Å². The van der Waals surface area contributed by atoms with Crippen molar-refractivity contribution in [2.75, 3.05) is 10.5 Å². The van der Waals surface area contributed by atoms with E-state index in [-0.39, 0.29) is 18.2 Å². The van der Waals surface area contributed by atoms with Gasteiger partial charge in [0.1, 0.15) is 0 Å². The van der Waals surface area contributed by atoms with E-state index in [0.717, 1.165) is 5.56 Å². The lowest BCUT2D eigenvalue weighted by Gasteiger charge is -2.10. The largest absolute Gasteiger partial charge is 0.348 e. The van der Waals surface area contributed by atoms with Crippen LogP contribution in [0.2, 0.25) is 10.0 Å². The molecule has 0 spiro atoms. The molecule has 2 N–H and O–H groups in total. The molecule has 0 atom stereocenters. The minimum absolute atomic E-state index is 0.0432. The first kappa shape index (κ1) is 18.6. The summed E-state index contributed by atoms with van der Waals surface area (Å²) < 4.78 is 25.6. The number of rotatable bonds is 6.